The first kappa shape index (κ1) is 16.9. The van der Waals surface area contributed by atoms with E-state index in [1.54, 1.807) is 0 Å². The predicted octanol–water partition coefficient (Wildman–Crippen LogP) is 3.88. The SMILES string of the molecule is CC(C)c1nc(CCN2CCCCCC2)sc1C(C)(C)N. The molecule has 0 atom stereocenters. The monoisotopic (exact) mass is 309 g/mol. The average Bonchev–Trinajstić information content (AvgIpc) is 2.67. The molecule has 2 heterocycles. The van der Waals surface area contributed by atoms with Gasteiger partial charge in [0.1, 0.15) is 0 Å². The Labute approximate surface area is 133 Å². The van der Waals surface area contributed by atoms with Gasteiger partial charge in [0, 0.05) is 23.4 Å². The lowest BCUT2D eigenvalue weighted by molar-refractivity contribution is 0.288. The normalized spacial score (nSPS) is 18.2. The van der Waals surface area contributed by atoms with Gasteiger partial charge in [0.2, 0.25) is 0 Å². The summed E-state index contributed by atoms with van der Waals surface area (Å²) >= 11 is 1.83. The molecular weight excluding hydrogens is 278 g/mol. The lowest BCUT2D eigenvalue weighted by atomic mass is 9.98. The van der Waals surface area contributed by atoms with E-state index in [-0.39, 0.29) is 5.54 Å². The first-order chi connectivity index (χ1) is 9.88. The highest BCUT2D eigenvalue weighted by Gasteiger charge is 2.25. The summed E-state index contributed by atoms with van der Waals surface area (Å²) in [6.45, 7) is 12.3. The van der Waals surface area contributed by atoms with E-state index in [2.05, 4.69) is 32.6 Å². The van der Waals surface area contributed by atoms with E-state index >= 15 is 0 Å². The molecule has 3 nitrogen and oxygen atoms in total. The summed E-state index contributed by atoms with van der Waals surface area (Å²) in [5.41, 5.74) is 7.26. The summed E-state index contributed by atoms with van der Waals surface area (Å²) in [7, 11) is 0. The van der Waals surface area contributed by atoms with Crippen LogP contribution >= 0.6 is 11.3 Å². The number of nitrogens with two attached hydrogens (primary N) is 1. The minimum absolute atomic E-state index is 0.280. The maximum Gasteiger partial charge on any atom is 0.0944 e. The van der Waals surface area contributed by atoms with E-state index in [0.29, 0.717) is 5.92 Å². The topological polar surface area (TPSA) is 42.2 Å². The molecule has 0 radical (unpaired) electrons. The molecule has 1 aliphatic rings. The Morgan fingerprint density at radius 2 is 1.81 bits per heavy atom. The highest BCUT2D eigenvalue weighted by atomic mass is 32.1. The zero-order chi connectivity index (χ0) is 15.5. The van der Waals surface area contributed by atoms with Crippen LogP contribution in [0.15, 0.2) is 0 Å². The second-order valence-corrected chi connectivity index (χ2v) is 8.29. The first-order valence-electron chi connectivity index (χ1n) is 8.39. The summed E-state index contributed by atoms with van der Waals surface area (Å²) in [6, 6.07) is 0. The van der Waals surface area contributed by atoms with Crippen molar-refractivity contribution in [1.82, 2.24) is 9.88 Å². The molecule has 0 unspecified atom stereocenters. The summed E-state index contributed by atoms with van der Waals surface area (Å²) in [5, 5.41) is 1.26. The molecule has 2 N–H and O–H groups in total. The molecule has 1 aliphatic heterocycles. The van der Waals surface area contributed by atoms with Crippen molar-refractivity contribution in [1.29, 1.82) is 0 Å². The third kappa shape index (κ3) is 4.76. The van der Waals surface area contributed by atoms with Crippen molar-refractivity contribution in [3.63, 3.8) is 0 Å². The average molecular weight is 310 g/mol. The molecule has 21 heavy (non-hydrogen) atoms. The summed E-state index contributed by atoms with van der Waals surface area (Å²) in [5.74, 6) is 0.450. The number of aromatic nitrogens is 1. The molecule has 1 aromatic rings. The van der Waals surface area contributed by atoms with Gasteiger partial charge >= 0.3 is 0 Å². The molecule has 1 fully saturated rings. The Kier molecular flexibility index (Phi) is 5.81. The Bertz CT molecular complexity index is 437. The number of hydrogen-bond acceptors (Lipinski definition) is 4. The number of hydrogen-bond donors (Lipinski definition) is 1. The Balaban J connectivity index is 2.03. The highest BCUT2D eigenvalue weighted by Crippen LogP contribution is 2.32. The number of thiazole rings is 1. The van der Waals surface area contributed by atoms with Crippen LogP contribution in [0.1, 0.15) is 74.9 Å². The van der Waals surface area contributed by atoms with Crippen LogP contribution in [0, 0.1) is 0 Å². The second kappa shape index (κ2) is 7.21. The molecule has 0 bridgehead atoms. The van der Waals surface area contributed by atoms with E-state index in [9.17, 15) is 0 Å². The zero-order valence-electron chi connectivity index (χ0n) is 14.1. The van der Waals surface area contributed by atoms with Crippen LogP contribution in [0.2, 0.25) is 0 Å². The molecule has 1 aromatic heterocycles. The van der Waals surface area contributed by atoms with E-state index in [1.165, 1.54) is 54.4 Å². The van der Waals surface area contributed by atoms with E-state index in [1.807, 2.05) is 11.3 Å². The summed E-state index contributed by atoms with van der Waals surface area (Å²) in [4.78, 5) is 8.77. The van der Waals surface area contributed by atoms with Crippen LogP contribution in [-0.4, -0.2) is 29.5 Å². The van der Waals surface area contributed by atoms with Crippen LogP contribution in [0.5, 0.6) is 0 Å². The minimum atomic E-state index is -0.280. The smallest absolute Gasteiger partial charge is 0.0944 e. The van der Waals surface area contributed by atoms with Crippen LogP contribution in [-0.2, 0) is 12.0 Å². The van der Waals surface area contributed by atoms with Crippen LogP contribution in [0.25, 0.3) is 0 Å². The molecule has 0 aromatic carbocycles. The Hall–Kier alpha value is -0.450. The third-order valence-electron chi connectivity index (χ3n) is 4.17. The van der Waals surface area contributed by atoms with Crippen molar-refractivity contribution in [2.45, 2.75) is 71.3 Å². The molecule has 0 amide bonds. The van der Waals surface area contributed by atoms with Gasteiger partial charge in [-0.05, 0) is 45.7 Å². The number of rotatable bonds is 5. The van der Waals surface area contributed by atoms with Gasteiger partial charge in [-0.1, -0.05) is 26.7 Å². The predicted molar refractivity (Wildman–Crippen MR) is 92.0 cm³/mol. The molecule has 0 aliphatic carbocycles. The molecule has 4 heteroatoms. The van der Waals surface area contributed by atoms with Crippen molar-refractivity contribution in [3.05, 3.63) is 15.6 Å². The quantitative estimate of drug-likeness (QED) is 0.897. The van der Waals surface area contributed by atoms with Gasteiger partial charge in [-0.25, -0.2) is 4.98 Å². The summed E-state index contributed by atoms with van der Waals surface area (Å²) in [6.07, 6.45) is 6.58. The first-order valence-corrected chi connectivity index (χ1v) is 9.21. The van der Waals surface area contributed by atoms with Crippen molar-refractivity contribution in [2.75, 3.05) is 19.6 Å². The Morgan fingerprint density at radius 1 is 1.19 bits per heavy atom. The minimum Gasteiger partial charge on any atom is -0.321 e. The van der Waals surface area contributed by atoms with Crippen LogP contribution in [0.4, 0.5) is 0 Å². The molecule has 2 rings (SSSR count). The maximum absolute atomic E-state index is 6.33. The summed E-state index contributed by atoms with van der Waals surface area (Å²) < 4.78 is 0. The van der Waals surface area contributed by atoms with Crippen LogP contribution < -0.4 is 5.73 Å². The van der Waals surface area contributed by atoms with Crippen molar-refractivity contribution in [3.8, 4) is 0 Å². The van der Waals surface area contributed by atoms with Crippen LogP contribution in [0.3, 0.4) is 0 Å². The van der Waals surface area contributed by atoms with Crippen molar-refractivity contribution in [2.24, 2.45) is 5.73 Å². The molecule has 120 valence electrons. The molecule has 0 saturated carbocycles. The van der Waals surface area contributed by atoms with Gasteiger partial charge in [0.25, 0.3) is 0 Å². The largest absolute Gasteiger partial charge is 0.321 e. The number of likely N-dealkylation sites (tertiary alicyclic amines) is 1. The molecular formula is C17H31N3S. The van der Waals surface area contributed by atoms with Gasteiger partial charge in [0.05, 0.1) is 10.7 Å². The zero-order valence-corrected chi connectivity index (χ0v) is 14.9. The van der Waals surface area contributed by atoms with Gasteiger partial charge in [-0.15, -0.1) is 11.3 Å². The van der Waals surface area contributed by atoms with E-state index < -0.39 is 0 Å². The number of nitrogens with zero attached hydrogens (tertiary/aromatic N) is 2. The van der Waals surface area contributed by atoms with Crippen molar-refractivity contribution >= 4 is 11.3 Å². The molecule has 0 spiro atoms. The highest BCUT2D eigenvalue weighted by molar-refractivity contribution is 7.11. The maximum atomic E-state index is 6.33. The second-order valence-electron chi connectivity index (χ2n) is 7.20. The fraction of sp³-hybridized carbons (Fsp3) is 0.824. The van der Waals surface area contributed by atoms with Gasteiger partial charge < -0.3 is 10.6 Å². The van der Waals surface area contributed by atoms with Gasteiger partial charge in [-0.3, -0.25) is 0 Å². The third-order valence-corrected chi connectivity index (χ3v) is 5.64. The van der Waals surface area contributed by atoms with E-state index in [0.717, 1.165) is 13.0 Å². The molecule has 1 saturated heterocycles. The van der Waals surface area contributed by atoms with Crippen molar-refractivity contribution < 1.29 is 0 Å². The lowest BCUT2D eigenvalue weighted by Gasteiger charge is -2.19. The lowest BCUT2D eigenvalue weighted by Crippen LogP contribution is -2.28. The standard InChI is InChI=1S/C17H31N3S/c1-13(2)15-16(17(3,4)18)21-14(19-15)9-12-20-10-7-5-6-8-11-20/h13H,5-12,18H2,1-4H3. The van der Waals surface area contributed by atoms with Gasteiger partial charge in [-0.2, -0.15) is 0 Å². The van der Waals surface area contributed by atoms with Gasteiger partial charge in [0.15, 0.2) is 0 Å². The Morgan fingerprint density at radius 3 is 2.29 bits per heavy atom. The fourth-order valence-electron chi connectivity index (χ4n) is 2.95. The fourth-order valence-corrected chi connectivity index (χ4v) is 4.17. The van der Waals surface area contributed by atoms with E-state index in [4.69, 9.17) is 10.7 Å².